The summed E-state index contributed by atoms with van der Waals surface area (Å²) in [5, 5.41) is 12.8. The molecule has 1 aliphatic carbocycles. The van der Waals surface area contributed by atoms with Crippen molar-refractivity contribution in [3.8, 4) is 0 Å². The maximum atomic E-state index is 13.9. The molecule has 2 aromatic carbocycles. The molecule has 3 nitrogen and oxygen atoms in total. The molecule has 0 radical (unpaired) electrons. The first-order valence-electron chi connectivity index (χ1n) is 7.95. The van der Waals surface area contributed by atoms with Crippen molar-refractivity contribution in [2.75, 3.05) is 6.54 Å². The van der Waals surface area contributed by atoms with Gasteiger partial charge in [0.15, 0.2) is 0 Å². The van der Waals surface area contributed by atoms with Crippen molar-refractivity contribution in [3.63, 3.8) is 0 Å². The maximum absolute atomic E-state index is 13.9. The standard InChI is InChI=1S/C19H19F2NO2/c20-14-5-3-4-13(10-14)17(23)11-18(24)22-12-19(8-9-19)15-6-1-2-7-16(15)21/h1-7,10,17,23H,8-9,11-12H2,(H,22,24)/t17-/m1/s1. The lowest BCUT2D eigenvalue weighted by molar-refractivity contribution is -0.123. The molecule has 1 saturated carbocycles. The molecule has 1 atom stereocenters. The third-order valence-corrected chi connectivity index (χ3v) is 4.53. The molecule has 0 bridgehead atoms. The number of aliphatic hydroxyl groups excluding tert-OH is 1. The summed E-state index contributed by atoms with van der Waals surface area (Å²) in [6, 6.07) is 12.1. The number of amides is 1. The van der Waals surface area contributed by atoms with Gasteiger partial charge < -0.3 is 10.4 Å². The highest BCUT2D eigenvalue weighted by atomic mass is 19.1. The molecule has 1 amide bonds. The summed E-state index contributed by atoms with van der Waals surface area (Å²) in [6.45, 7) is 0.336. The first-order chi connectivity index (χ1) is 11.5. The average Bonchev–Trinajstić information content (AvgIpc) is 3.34. The molecule has 5 heteroatoms. The van der Waals surface area contributed by atoms with E-state index in [1.54, 1.807) is 24.3 Å². The van der Waals surface area contributed by atoms with Crippen LogP contribution in [-0.4, -0.2) is 17.6 Å². The Kier molecular flexibility index (Phi) is 4.62. The van der Waals surface area contributed by atoms with Gasteiger partial charge in [-0.2, -0.15) is 0 Å². The van der Waals surface area contributed by atoms with Crippen molar-refractivity contribution in [3.05, 3.63) is 71.3 Å². The van der Waals surface area contributed by atoms with E-state index in [4.69, 9.17) is 0 Å². The Hall–Kier alpha value is -2.27. The zero-order valence-corrected chi connectivity index (χ0v) is 13.1. The molecule has 3 rings (SSSR count). The summed E-state index contributed by atoms with van der Waals surface area (Å²) in [4.78, 5) is 12.0. The highest BCUT2D eigenvalue weighted by Gasteiger charge is 2.45. The Balaban J connectivity index is 1.57. The van der Waals surface area contributed by atoms with Gasteiger partial charge in [0.1, 0.15) is 11.6 Å². The molecular weight excluding hydrogens is 312 g/mol. The lowest BCUT2D eigenvalue weighted by atomic mass is 9.95. The van der Waals surface area contributed by atoms with E-state index in [0.29, 0.717) is 17.7 Å². The van der Waals surface area contributed by atoms with E-state index in [2.05, 4.69) is 5.32 Å². The number of rotatable bonds is 6. The monoisotopic (exact) mass is 331 g/mol. The Morgan fingerprint density at radius 3 is 2.58 bits per heavy atom. The summed E-state index contributed by atoms with van der Waals surface area (Å²) >= 11 is 0. The molecule has 0 spiro atoms. The second-order valence-corrected chi connectivity index (χ2v) is 6.31. The number of halogens is 2. The van der Waals surface area contributed by atoms with Crippen LogP contribution in [0.5, 0.6) is 0 Å². The van der Waals surface area contributed by atoms with Crippen LogP contribution < -0.4 is 5.32 Å². The van der Waals surface area contributed by atoms with Gasteiger partial charge in [0.25, 0.3) is 0 Å². The SMILES string of the molecule is O=C(C[C@@H](O)c1cccc(F)c1)NCC1(c2ccccc2F)CC1. The highest BCUT2D eigenvalue weighted by Crippen LogP contribution is 2.48. The molecule has 1 fully saturated rings. The zero-order chi connectivity index (χ0) is 17.2. The van der Waals surface area contributed by atoms with E-state index in [1.807, 2.05) is 0 Å². The van der Waals surface area contributed by atoms with E-state index in [-0.39, 0.29) is 23.6 Å². The number of benzene rings is 2. The number of carbonyl (C=O) groups excluding carboxylic acids is 1. The van der Waals surface area contributed by atoms with Gasteiger partial charge in [-0.1, -0.05) is 30.3 Å². The Morgan fingerprint density at radius 2 is 1.92 bits per heavy atom. The van der Waals surface area contributed by atoms with Crippen LogP contribution in [0.4, 0.5) is 8.78 Å². The van der Waals surface area contributed by atoms with Crippen LogP contribution in [-0.2, 0) is 10.2 Å². The lowest BCUT2D eigenvalue weighted by Crippen LogP contribution is -2.33. The fraction of sp³-hybridized carbons (Fsp3) is 0.316. The third kappa shape index (κ3) is 3.62. The van der Waals surface area contributed by atoms with Crippen molar-refractivity contribution in [1.82, 2.24) is 5.32 Å². The first-order valence-corrected chi connectivity index (χ1v) is 7.95. The summed E-state index contributed by atoms with van der Waals surface area (Å²) in [5.41, 5.74) is 0.640. The average molecular weight is 331 g/mol. The molecule has 0 aromatic heterocycles. The fourth-order valence-electron chi connectivity index (χ4n) is 2.93. The normalized spacial score (nSPS) is 16.5. The third-order valence-electron chi connectivity index (χ3n) is 4.53. The lowest BCUT2D eigenvalue weighted by Gasteiger charge is -2.18. The fourth-order valence-corrected chi connectivity index (χ4v) is 2.93. The summed E-state index contributed by atoms with van der Waals surface area (Å²) in [7, 11) is 0. The molecule has 0 unspecified atom stereocenters. The number of carbonyl (C=O) groups is 1. The molecule has 2 aromatic rings. The Bertz CT molecular complexity index is 744. The van der Waals surface area contributed by atoms with Gasteiger partial charge in [-0.15, -0.1) is 0 Å². The highest BCUT2D eigenvalue weighted by molar-refractivity contribution is 5.76. The van der Waals surface area contributed by atoms with Gasteiger partial charge >= 0.3 is 0 Å². The molecule has 0 heterocycles. The topological polar surface area (TPSA) is 49.3 Å². The van der Waals surface area contributed by atoms with Gasteiger partial charge in [0.05, 0.1) is 12.5 Å². The van der Waals surface area contributed by atoms with Crippen molar-refractivity contribution < 1.29 is 18.7 Å². The van der Waals surface area contributed by atoms with Crippen LogP contribution >= 0.6 is 0 Å². The van der Waals surface area contributed by atoms with E-state index in [0.717, 1.165) is 12.8 Å². The molecule has 2 N–H and O–H groups in total. The molecule has 0 aliphatic heterocycles. The molecular formula is C19H19F2NO2. The van der Waals surface area contributed by atoms with Crippen LogP contribution in [0.2, 0.25) is 0 Å². The largest absolute Gasteiger partial charge is 0.388 e. The molecule has 1 aliphatic rings. The van der Waals surface area contributed by atoms with E-state index >= 15 is 0 Å². The van der Waals surface area contributed by atoms with Crippen molar-refractivity contribution >= 4 is 5.91 Å². The van der Waals surface area contributed by atoms with E-state index in [1.165, 1.54) is 24.3 Å². The minimum absolute atomic E-state index is 0.156. The van der Waals surface area contributed by atoms with Gasteiger partial charge in [-0.3, -0.25) is 4.79 Å². The van der Waals surface area contributed by atoms with Crippen molar-refractivity contribution in [2.45, 2.75) is 30.8 Å². The quantitative estimate of drug-likeness (QED) is 0.854. The summed E-state index contributed by atoms with van der Waals surface area (Å²) < 4.78 is 27.1. The number of nitrogens with one attached hydrogen (secondary N) is 1. The van der Waals surface area contributed by atoms with Gasteiger partial charge in [-0.25, -0.2) is 8.78 Å². The van der Waals surface area contributed by atoms with Crippen LogP contribution in [0, 0.1) is 11.6 Å². The van der Waals surface area contributed by atoms with Gasteiger partial charge in [-0.05, 0) is 42.2 Å². The van der Waals surface area contributed by atoms with E-state index in [9.17, 15) is 18.7 Å². The molecule has 24 heavy (non-hydrogen) atoms. The van der Waals surface area contributed by atoms with Crippen LogP contribution in [0.1, 0.15) is 36.5 Å². The summed E-state index contributed by atoms with van der Waals surface area (Å²) in [6.07, 6.45) is 0.419. The van der Waals surface area contributed by atoms with E-state index < -0.39 is 11.9 Å². The molecule has 126 valence electrons. The molecule has 0 saturated heterocycles. The Morgan fingerprint density at radius 1 is 1.17 bits per heavy atom. The predicted molar refractivity (Wildman–Crippen MR) is 86.3 cm³/mol. The number of hydrogen-bond donors (Lipinski definition) is 2. The van der Waals surface area contributed by atoms with Gasteiger partial charge in [0.2, 0.25) is 5.91 Å². The zero-order valence-electron chi connectivity index (χ0n) is 13.1. The maximum Gasteiger partial charge on any atom is 0.222 e. The van der Waals surface area contributed by atoms with Crippen molar-refractivity contribution in [1.29, 1.82) is 0 Å². The minimum Gasteiger partial charge on any atom is -0.388 e. The van der Waals surface area contributed by atoms with Crippen LogP contribution in [0.15, 0.2) is 48.5 Å². The van der Waals surface area contributed by atoms with Crippen LogP contribution in [0.25, 0.3) is 0 Å². The number of hydrogen-bond acceptors (Lipinski definition) is 2. The predicted octanol–water partition coefficient (Wildman–Crippen LogP) is 3.24. The number of aliphatic hydroxyl groups is 1. The minimum atomic E-state index is -1.07. The van der Waals surface area contributed by atoms with Crippen LogP contribution in [0.3, 0.4) is 0 Å². The Labute approximate surface area is 139 Å². The van der Waals surface area contributed by atoms with Crippen molar-refractivity contribution in [2.24, 2.45) is 0 Å². The second kappa shape index (κ2) is 6.69. The summed E-state index contributed by atoms with van der Waals surface area (Å²) in [5.74, 6) is -1.05. The second-order valence-electron chi connectivity index (χ2n) is 6.31. The van der Waals surface area contributed by atoms with Gasteiger partial charge in [0, 0.05) is 12.0 Å². The first kappa shape index (κ1) is 16.6. The smallest absolute Gasteiger partial charge is 0.222 e.